The van der Waals surface area contributed by atoms with Crippen molar-refractivity contribution in [2.75, 3.05) is 0 Å². The topological polar surface area (TPSA) is 3.24 Å². The van der Waals surface area contributed by atoms with Crippen LogP contribution in [0.2, 0.25) is 65.0 Å². The van der Waals surface area contributed by atoms with E-state index in [1.54, 1.807) is 0 Å². The van der Waals surface area contributed by atoms with Crippen molar-refractivity contribution < 1.29 is 0 Å². The lowest BCUT2D eigenvalue weighted by molar-refractivity contribution is 0.828. The molecule has 0 heterocycles. The minimum absolute atomic E-state index is 0.925. The lowest BCUT2D eigenvalue weighted by atomic mass is 10.7. The predicted molar refractivity (Wildman–Crippen MR) is 85.8 cm³/mol. The maximum absolute atomic E-state index is 2.74. The Morgan fingerprint density at radius 3 is 1.38 bits per heavy atom. The molecule has 0 saturated heterocycles. The highest BCUT2D eigenvalue weighted by Gasteiger charge is 2.31. The summed E-state index contributed by atoms with van der Waals surface area (Å²) in [6.07, 6.45) is 4.86. The normalized spacial score (nSPS) is 14.6. The monoisotopic (exact) mass is 273 g/mol. The first-order valence-corrected chi connectivity index (χ1v) is 16.9. The molecule has 0 aromatic heterocycles. The van der Waals surface area contributed by atoms with Gasteiger partial charge in [-0.15, -0.1) is 0 Å². The van der Waals surface area contributed by atoms with Crippen molar-refractivity contribution in [3.63, 3.8) is 0 Å². The van der Waals surface area contributed by atoms with Crippen LogP contribution in [0, 0.1) is 0 Å². The fourth-order valence-corrected chi connectivity index (χ4v) is 11.9. The second-order valence-electron chi connectivity index (χ2n) is 7.86. The van der Waals surface area contributed by atoms with E-state index in [1.165, 1.54) is 6.04 Å². The Labute approximate surface area is 106 Å². The number of rotatable bonds is 5. The molecule has 0 amide bonds. The van der Waals surface area contributed by atoms with Gasteiger partial charge in [0.2, 0.25) is 0 Å². The second-order valence-corrected chi connectivity index (χ2v) is 23.5. The average molecular weight is 274 g/mol. The van der Waals surface area contributed by atoms with Crippen molar-refractivity contribution >= 4 is 24.5 Å². The molecule has 16 heavy (non-hydrogen) atoms. The van der Waals surface area contributed by atoms with E-state index in [9.17, 15) is 0 Å². The van der Waals surface area contributed by atoms with Crippen LogP contribution < -0.4 is 0 Å². The van der Waals surface area contributed by atoms with Crippen LogP contribution in [-0.2, 0) is 0 Å². The van der Waals surface area contributed by atoms with Gasteiger partial charge in [0.05, 0.1) is 0 Å². The van der Waals surface area contributed by atoms with E-state index in [0.29, 0.717) is 0 Å². The van der Waals surface area contributed by atoms with E-state index in [4.69, 9.17) is 0 Å². The van der Waals surface area contributed by atoms with E-state index in [-0.39, 0.29) is 0 Å². The molecule has 0 aliphatic rings. The highest BCUT2D eigenvalue weighted by Crippen LogP contribution is 2.21. The molecule has 0 bridgehead atoms. The van der Waals surface area contributed by atoms with Gasteiger partial charge in [-0.2, -0.15) is 0 Å². The fourth-order valence-electron chi connectivity index (χ4n) is 1.97. The second kappa shape index (κ2) is 5.23. The molecule has 0 fully saturated rings. The summed E-state index contributed by atoms with van der Waals surface area (Å²) in [6.45, 7) is 22.0. The van der Waals surface area contributed by atoms with Crippen molar-refractivity contribution in [2.45, 2.75) is 65.0 Å². The summed E-state index contributed by atoms with van der Waals surface area (Å²) in [4.78, 5) is 0. The minimum Gasteiger partial charge on any atom is -0.431 e. The van der Waals surface area contributed by atoms with Crippen molar-refractivity contribution in [2.24, 2.45) is 0 Å². The molecule has 0 radical (unpaired) electrons. The van der Waals surface area contributed by atoms with Gasteiger partial charge < -0.3 is 4.23 Å². The molecular formula is C12H31NSi3. The van der Waals surface area contributed by atoms with Crippen LogP contribution in [0.15, 0.2) is 12.3 Å². The summed E-state index contributed by atoms with van der Waals surface area (Å²) in [5.74, 6) is 0. The summed E-state index contributed by atoms with van der Waals surface area (Å²) in [5.41, 5.74) is 0. The Hall–Kier alpha value is 0.191. The molecule has 4 heteroatoms. The SMILES string of the molecule is C[Si](C)(C)C/C=C/N([Si](C)(C)C)[Si](C)(C)C. The lowest BCUT2D eigenvalue weighted by Gasteiger charge is -2.43. The van der Waals surface area contributed by atoms with Crippen LogP contribution in [0.25, 0.3) is 0 Å². The molecule has 0 aromatic carbocycles. The number of allylic oxidation sites excluding steroid dienone is 1. The zero-order chi connectivity index (χ0) is 13.2. The number of hydrogen-bond acceptors (Lipinski definition) is 1. The Morgan fingerprint density at radius 2 is 1.12 bits per heavy atom. The van der Waals surface area contributed by atoms with Gasteiger partial charge >= 0.3 is 0 Å². The van der Waals surface area contributed by atoms with Gasteiger partial charge in [-0.3, -0.25) is 0 Å². The molecule has 0 spiro atoms. The standard InChI is InChI=1S/C12H31NSi3/c1-14(2,3)12-10-11-13(15(4,5)6)16(7,8)9/h10-11H,12H2,1-9H3/b11-10+. The summed E-state index contributed by atoms with van der Waals surface area (Å²) in [6, 6.07) is 1.30. The fraction of sp³-hybridized carbons (Fsp3) is 0.833. The zero-order valence-corrected chi connectivity index (χ0v) is 15.8. The Bertz CT molecular complexity index is 226. The Morgan fingerprint density at radius 1 is 0.750 bits per heavy atom. The van der Waals surface area contributed by atoms with Crippen molar-refractivity contribution in [3.05, 3.63) is 12.3 Å². The first-order chi connectivity index (χ1) is 6.84. The van der Waals surface area contributed by atoms with Crippen LogP contribution in [0.5, 0.6) is 0 Å². The third-order valence-corrected chi connectivity index (χ3v) is 11.1. The molecule has 0 aliphatic carbocycles. The van der Waals surface area contributed by atoms with E-state index in [2.05, 4.69) is 75.4 Å². The highest BCUT2D eigenvalue weighted by atomic mass is 28.4. The van der Waals surface area contributed by atoms with E-state index < -0.39 is 24.5 Å². The van der Waals surface area contributed by atoms with Crippen molar-refractivity contribution in [1.82, 2.24) is 4.23 Å². The van der Waals surface area contributed by atoms with Gasteiger partial charge in [0.15, 0.2) is 0 Å². The largest absolute Gasteiger partial charge is 0.431 e. The van der Waals surface area contributed by atoms with Gasteiger partial charge in [-0.1, -0.05) is 65.0 Å². The Kier molecular flexibility index (Phi) is 5.29. The quantitative estimate of drug-likeness (QED) is 0.650. The van der Waals surface area contributed by atoms with Crippen LogP contribution in [0.4, 0.5) is 0 Å². The number of hydrogen-bond donors (Lipinski definition) is 0. The molecular weight excluding hydrogens is 242 g/mol. The molecule has 0 N–H and O–H groups in total. The molecule has 0 aliphatic heterocycles. The summed E-state index contributed by atoms with van der Waals surface area (Å²) < 4.78 is 2.74. The smallest absolute Gasteiger partial charge is 0.138 e. The minimum atomic E-state index is -1.19. The van der Waals surface area contributed by atoms with E-state index >= 15 is 0 Å². The third kappa shape index (κ3) is 6.70. The van der Waals surface area contributed by atoms with E-state index in [1.807, 2.05) is 0 Å². The average Bonchev–Trinajstić information content (AvgIpc) is 1.90. The highest BCUT2D eigenvalue weighted by molar-refractivity contribution is 6.89. The van der Waals surface area contributed by atoms with Gasteiger partial charge in [0.25, 0.3) is 0 Å². The summed E-state index contributed by atoms with van der Waals surface area (Å²) in [5, 5.41) is 0. The van der Waals surface area contributed by atoms with Crippen molar-refractivity contribution in [3.8, 4) is 0 Å². The van der Waals surface area contributed by atoms with Crippen molar-refractivity contribution in [1.29, 1.82) is 0 Å². The summed E-state index contributed by atoms with van der Waals surface area (Å²) >= 11 is 0. The molecule has 0 aromatic rings. The van der Waals surface area contributed by atoms with Gasteiger partial charge in [0.1, 0.15) is 16.5 Å². The summed E-state index contributed by atoms with van der Waals surface area (Å²) in [7, 11) is -3.31. The maximum Gasteiger partial charge on any atom is 0.138 e. The molecule has 96 valence electrons. The van der Waals surface area contributed by atoms with Gasteiger partial charge in [-0.25, -0.2) is 0 Å². The number of nitrogens with zero attached hydrogens (tertiary/aromatic N) is 1. The van der Waals surface area contributed by atoms with Crippen LogP contribution in [-0.4, -0.2) is 28.8 Å². The molecule has 0 rings (SSSR count). The van der Waals surface area contributed by atoms with Crippen LogP contribution in [0.1, 0.15) is 0 Å². The predicted octanol–water partition coefficient (Wildman–Crippen LogP) is 4.81. The van der Waals surface area contributed by atoms with E-state index in [0.717, 1.165) is 0 Å². The molecule has 0 saturated carbocycles. The maximum atomic E-state index is 2.74. The van der Waals surface area contributed by atoms with Crippen LogP contribution in [0.3, 0.4) is 0 Å². The first kappa shape index (κ1) is 16.2. The first-order valence-electron chi connectivity index (χ1n) is 6.30. The molecule has 0 atom stereocenters. The van der Waals surface area contributed by atoms with Gasteiger partial charge in [-0.05, 0) is 12.2 Å². The third-order valence-electron chi connectivity index (χ3n) is 2.43. The lowest BCUT2D eigenvalue weighted by Crippen LogP contribution is -2.55. The van der Waals surface area contributed by atoms with Crippen LogP contribution >= 0.6 is 0 Å². The molecule has 0 unspecified atom stereocenters. The van der Waals surface area contributed by atoms with Gasteiger partial charge in [0, 0.05) is 8.07 Å². The Balaban J connectivity index is 4.72. The molecule has 1 nitrogen and oxygen atoms in total. The zero-order valence-electron chi connectivity index (χ0n) is 12.8.